The lowest BCUT2D eigenvalue weighted by Crippen LogP contribution is -1.95. The Morgan fingerprint density at radius 3 is 2.85 bits per heavy atom. The molecule has 0 aromatic heterocycles. The summed E-state index contributed by atoms with van der Waals surface area (Å²) in [6.07, 6.45) is 2.23. The Morgan fingerprint density at radius 1 is 1.46 bits per heavy atom. The first-order valence-electron chi connectivity index (χ1n) is 4.32. The van der Waals surface area contributed by atoms with Crippen molar-refractivity contribution < 1.29 is 4.74 Å². The number of benzene rings is 1. The molecule has 0 N–H and O–H groups in total. The minimum Gasteiger partial charge on any atom is -0.494 e. The van der Waals surface area contributed by atoms with E-state index >= 15 is 0 Å². The average molecular weight is 264 g/mol. The summed E-state index contributed by atoms with van der Waals surface area (Å²) < 4.78 is 6.37. The third kappa shape index (κ3) is 3.57. The fraction of sp³-hybridized carbons (Fsp3) is 0.400. The number of halogens is 2. The molecule has 13 heavy (non-hydrogen) atoms. The van der Waals surface area contributed by atoms with Crippen LogP contribution in [0.5, 0.6) is 5.75 Å². The minimum absolute atomic E-state index is 0.711. The van der Waals surface area contributed by atoms with Crippen LogP contribution in [0.15, 0.2) is 22.7 Å². The molecule has 0 aliphatic carbocycles. The molecule has 0 spiro atoms. The minimum atomic E-state index is 0.711. The van der Waals surface area contributed by atoms with Crippen LogP contribution in [0, 0.1) is 0 Å². The number of rotatable bonds is 4. The van der Waals surface area contributed by atoms with Crippen molar-refractivity contribution in [2.75, 3.05) is 6.61 Å². The largest absolute Gasteiger partial charge is 0.494 e. The topological polar surface area (TPSA) is 9.23 Å². The number of ether oxygens (including phenoxy) is 1. The molecule has 72 valence electrons. The van der Waals surface area contributed by atoms with Gasteiger partial charge in [0.15, 0.2) is 0 Å². The van der Waals surface area contributed by atoms with Gasteiger partial charge >= 0.3 is 0 Å². The molecule has 0 heterocycles. The summed E-state index contributed by atoms with van der Waals surface area (Å²) in [6.45, 7) is 2.91. The van der Waals surface area contributed by atoms with Gasteiger partial charge in [0.25, 0.3) is 0 Å². The van der Waals surface area contributed by atoms with E-state index in [1.807, 2.05) is 18.2 Å². The maximum atomic E-state index is 5.84. The highest BCUT2D eigenvalue weighted by Crippen LogP contribution is 2.26. The lowest BCUT2D eigenvalue weighted by molar-refractivity contribution is 0.309. The normalized spacial score (nSPS) is 10.1. The Balaban J connectivity index is 2.53. The highest BCUT2D eigenvalue weighted by atomic mass is 79.9. The van der Waals surface area contributed by atoms with E-state index in [0.717, 1.165) is 29.7 Å². The van der Waals surface area contributed by atoms with Gasteiger partial charge in [-0.2, -0.15) is 0 Å². The van der Waals surface area contributed by atoms with E-state index in [1.54, 1.807) is 0 Å². The van der Waals surface area contributed by atoms with Crippen LogP contribution in [-0.4, -0.2) is 6.61 Å². The predicted molar refractivity (Wildman–Crippen MR) is 59.6 cm³/mol. The zero-order chi connectivity index (χ0) is 9.68. The van der Waals surface area contributed by atoms with Crippen molar-refractivity contribution >= 4 is 27.5 Å². The number of hydrogen-bond acceptors (Lipinski definition) is 1. The second kappa shape index (κ2) is 5.51. The number of hydrogen-bond donors (Lipinski definition) is 0. The van der Waals surface area contributed by atoms with E-state index in [-0.39, 0.29) is 0 Å². The summed E-state index contributed by atoms with van der Waals surface area (Å²) in [5.41, 5.74) is 0. The molecule has 3 heteroatoms. The molecule has 0 atom stereocenters. The van der Waals surface area contributed by atoms with Gasteiger partial charge in [0.05, 0.1) is 11.6 Å². The van der Waals surface area contributed by atoms with Crippen LogP contribution in [0.2, 0.25) is 5.02 Å². The summed E-state index contributed by atoms with van der Waals surface area (Å²) in [4.78, 5) is 0. The van der Waals surface area contributed by atoms with Crippen LogP contribution >= 0.6 is 27.5 Å². The van der Waals surface area contributed by atoms with Crippen LogP contribution < -0.4 is 4.74 Å². The Labute approximate surface area is 92.2 Å². The highest BCUT2D eigenvalue weighted by Gasteiger charge is 1.98. The van der Waals surface area contributed by atoms with Crippen molar-refractivity contribution in [1.29, 1.82) is 0 Å². The molecule has 0 amide bonds. The first-order valence-corrected chi connectivity index (χ1v) is 5.49. The van der Waals surface area contributed by atoms with E-state index in [2.05, 4.69) is 22.9 Å². The molecule has 1 rings (SSSR count). The fourth-order valence-corrected chi connectivity index (χ4v) is 1.38. The Hall–Kier alpha value is -0.210. The van der Waals surface area contributed by atoms with E-state index in [1.165, 1.54) is 0 Å². The van der Waals surface area contributed by atoms with Gasteiger partial charge in [-0.1, -0.05) is 24.9 Å². The van der Waals surface area contributed by atoms with Crippen LogP contribution in [-0.2, 0) is 0 Å². The van der Waals surface area contributed by atoms with E-state index in [9.17, 15) is 0 Å². The smallest absolute Gasteiger partial charge is 0.120 e. The van der Waals surface area contributed by atoms with Crippen molar-refractivity contribution in [2.45, 2.75) is 19.8 Å². The third-order valence-corrected chi connectivity index (χ3v) is 2.87. The van der Waals surface area contributed by atoms with Gasteiger partial charge in [0, 0.05) is 4.47 Å². The first-order chi connectivity index (χ1) is 6.24. The number of unbranched alkanes of at least 4 members (excludes halogenated alkanes) is 1. The van der Waals surface area contributed by atoms with Crippen molar-refractivity contribution in [3.05, 3.63) is 27.7 Å². The molecule has 0 saturated heterocycles. The molecule has 0 fully saturated rings. The van der Waals surface area contributed by atoms with Crippen LogP contribution in [0.4, 0.5) is 0 Å². The molecule has 0 radical (unpaired) electrons. The molecule has 1 aromatic carbocycles. The van der Waals surface area contributed by atoms with Crippen molar-refractivity contribution in [1.82, 2.24) is 0 Å². The van der Waals surface area contributed by atoms with Crippen LogP contribution in [0.1, 0.15) is 19.8 Å². The van der Waals surface area contributed by atoms with Gasteiger partial charge in [-0.3, -0.25) is 0 Å². The fourth-order valence-electron chi connectivity index (χ4n) is 0.901. The monoisotopic (exact) mass is 262 g/mol. The molecule has 1 aromatic rings. The van der Waals surface area contributed by atoms with Gasteiger partial charge < -0.3 is 4.74 Å². The van der Waals surface area contributed by atoms with Crippen molar-refractivity contribution in [3.63, 3.8) is 0 Å². The second-order valence-corrected chi connectivity index (χ2v) is 4.04. The summed E-state index contributed by atoms with van der Waals surface area (Å²) >= 11 is 9.18. The maximum absolute atomic E-state index is 5.84. The molecule has 0 aliphatic heterocycles. The second-order valence-electron chi connectivity index (χ2n) is 2.78. The van der Waals surface area contributed by atoms with Gasteiger partial charge in [0.1, 0.15) is 5.75 Å². The Bertz CT molecular complexity index is 276. The highest BCUT2D eigenvalue weighted by molar-refractivity contribution is 9.10. The summed E-state index contributed by atoms with van der Waals surface area (Å²) in [7, 11) is 0. The third-order valence-electron chi connectivity index (χ3n) is 1.66. The SMILES string of the molecule is CCCCOc1ccc(Cl)c(Br)c1. The molecule has 0 aliphatic rings. The molecular weight excluding hydrogens is 251 g/mol. The Morgan fingerprint density at radius 2 is 2.23 bits per heavy atom. The zero-order valence-electron chi connectivity index (χ0n) is 7.52. The Kier molecular flexibility index (Phi) is 4.60. The van der Waals surface area contributed by atoms with Gasteiger partial charge in [-0.15, -0.1) is 0 Å². The van der Waals surface area contributed by atoms with Crippen LogP contribution in [0.25, 0.3) is 0 Å². The van der Waals surface area contributed by atoms with Crippen LogP contribution in [0.3, 0.4) is 0 Å². The molecule has 0 unspecified atom stereocenters. The van der Waals surface area contributed by atoms with E-state index < -0.39 is 0 Å². The summed E-state index contributed by atoms with van der Waals surface area (Å²) in [6, 6.07) is 5.59. The van der Waals surface area contributed by atoms with Gasteiger partial charge in [-0.05, 0) is 40.5 Å². The first kappa shape index (κ1) is 10.9. The predicted octanol–water partition coefficient (Wildman–Crippen LogP) is 4.28. The van der Waals surface area contributed by atoms with Gasteiger partial charge in [-0.25, -0.2) is 0 Å². The molecule has 1 nitrogen and oxygen atoms in total. The maximum Gasteiger partial charge on any atom is 0.120 e. The van der Waals surface area contributed by atoms with E-state index in [4.69, 9.17) is 16.3 Å². The molecular formula is C10H12BrClO. The lowest BCUT2D eigenvalue weighted by Gasteiger charge is -2.05. The zero-order valence-corrected chi connectivity index (χ0v) is 9.86. The standard InChI is InChI=1S/C10H12BrClO/c1-2-3-6-13-8-4-5-10(12)9(11)7-8/h4-5,7H,2-3,6H2,1H3. The molecule has 0 saturated carbocycles. The van der Waals surface area contributed by atoms with Crippen molar-refractivity contribution in [3.8, 4) is 5.75 Å². The quantitative estimate of drug-likeness (QED) is 0.737. The lowest BCUT2D eigenvalue weighted by atomic mass is 10.3. The summed E-state index contributed by atoms with van der Waals surface area (Å²) in [5.74, 6) is 0.865. The molecule has 0 bridgehead atoms. The van der Waals surface area contributed by atoms with E-state index in [0.29, 0.717) is 5.02 Å². The van der Waals surface area contributed by atoms with Gasteiger partial charge in [0.2, 0.25) is 0 Å². The average Bonchev–Trinajstić information content (AvgIpc) is 2.12. The van der Waals surface area contributed by atoms with Crippen molar-refractivity contribution in [2.24, 2.45) is 0 Å². The summed E-state index contributed by atoms with van der Waals surface area (Å²) in [5, 5.41) is 0.711.